The Balaban J connectivity index is 1.58. The Kier molecular flexibility index (Phi) is 4.80. The van der Waals surface area contributed by atoms with Gasteiger partial charge in [0.05, 0.1) is 5.56 Å². The van der Waals surface area contributed by atoms with Crippen LogP contribution in [0.15, 0.2) is 43.0 Å². The van der Waals surface area contributed by atoms with Crippen molar-refractivity contribution in [3.63, 3.8) is 0 Å². The van der Waals surface area contributed by atoms with E-state index in [0.29, 0.717) is 11.3 Å². The molecule has 0 aliphatic heterocycles. The highest BCUT2D eigenvalue weighted by molar-refractivity contribution is 5.94. The van der Waals surface area contributed by atoms with Crippen molar-refractivity contribution >= 4 is 23.0 Å². The second kappa shape index (κ2) is 7.23. The van der Waals surface area contributed by atoms with Gasteiger partial charge in [-0.3, -0.25) is 0 Å². The fraction of sp³-hybridized carbons (Fsp3) is 0.304. The zero-order valence-corrected chi connectivity index (χ0v) is 18.0. The van der Waals surface area contributed by atoms with Crippen LogP contribution in [-0.4, -0.2) is 44.3 Å². The SMILES string of the molecule is C=CC(=O)OCCOC(=O)c1ccc2c(c1)n1n(-c3cc(C)cc(C(C)(C)C)c3O)n21. The van der Waals surface area contributed by atoms with Crippen molar-refractivity contribution in [2.24, 2.45) is 0 Å². The van der Waals surface area contributed by atoms with Gasteiger partial charge in [-0.2, -0.15) is 0 Å². The fourth-order valence-electron chi connectivity index (χ4n) is 3.58. The Morgan fingerprint density at radius 1 is 1.06 bits per heavy atom. The van der Waals surface area contributed by atoms with Gasteiger partial charge in [0, 0.05) is 11.6 Å². The number of phenolic OH excluding ortho intramolecular Hbond substituents is 1. The van der Waals surface area contributed by atoms with Crippen molar-refractivity contribution < 1.29 is 24.2 Å². The predicted octanol–water partition coefficient (Wildman–Crippen LogP) is 3.62. The van der Waals surface area contributed by atoms with Crippen LogP contribution in [-0.2, 0) is 19.7 Å². The molecule has 4 aromatic rings. The van der Waals surface area contributed by atoms with Gasteiger partial charge in [-0.15, -0.1) is 14.1 Å². The van der Waals surface area contributed by atoms with Crippen LogP contribution >= 0.6 is 0 Å². The summed E-state index contributed by atoms with van der Waals surface area (Å²) in [6.07, 6.45) is 1.05. The van der Waals surface area contributed by atoms with Crippen LogP contribution in [0.5, 0.6) is 5.75 Å². The molecule has 1 N–H and O–H groups in total. The minimum atomic E-state index is -0.562. The number of aromatic nitrogens is 3. The number of aryl methyl sites for hydroxylation is 1. The number of nitrogens with zero attached hydrogens (tertiary/aromatic N) is 3. The quantitative estimate of drug-likeness (QED) is 0.291. The van der Waals surface area contributed by atoms with E-state index >= 15 is 0 Å². The lowest BCUT2D eigenvalue weighted by Crippen LogP contribution is -2.13. The molecule has 0 saturated heterocycles. The maximum Gasteiger partial charge on any atom is 0.338 e. The molecule has 4 rings (SSSR count). The van der Waals surface area contributed by atoms with E-state index < -0.39 is 11.9 Å². The van der Waals surface area contributed by atoms with Gasteiger partial charge in [0.1, 0.15) is 35.7 Å². The lowest BCUT2D eigenvalue weighted by molar-refractivity contribution is -0.138. The molecule has 0 saturated carbocycles. The minimum Gasteiger partial charge on any atom is -0.505 e. The molecular formula is C23H25N3O5. The molecule has 0 fully saturated rings. The number of hydrogen-bond donors (Lipinski definition) is 1. The number of phenols is 1. The largest absolute Gasteiger partial charge is 0.505 e. The van der Waals surface area contributed by atoms with E-state index in [4.69, 9.17) is 9.47 Å². The number of carbonyl (C=O) groups excluding carboxylic acids is 2. The van der Waals surface area contributed by atoms with Crippen molar-refractivity contribution in [3.05, 3.63) is 59.7 Å². The first-order chi connectivity index (χ1) is 14.6. The average molecular weight is 423 g/mol. The Hall–Kier alpha value is -3.68. The summed E-state index contributed by atoms with van der Waals surface area (Å²) in [6.45, 7) is 11.4. The molecule has 0 amide bonds. The number of rotatable bonds is 6. The van der Waals surface area contributed by atoms with E-state index in [1.807, 2.05) is 39.2 Å². The molecule has 162 valence electrons. The monoisotopic (exact) mass is 423 g/mol. The average Bonchev–Trinajstić information content (AvgIpc) is 3.38. The predicted molar refractivity (Wildman–Crippen MR) is 115 cm³/mol. The highest BCUT2D eigenvalue weighted by atomic mass is 16.6. The fourth-order valence-corrected chi connectivity index (χ4v) is 3.58. The third-order valence-corrected chi connectivity index (χ3v) is 5.13. The number of esters is 2. The molecule has 0 unspecified atom stereocenters. The summed E-state index contributed by atoms with van der Waals surface area (Å²) in [6, 6.07) is 9.19. The summed E-state index contributed by atoms with van der Waals surface area (Å²) in [5.74, 6) is -0.822. The number of fused-ring (bicyclic) bond motifs is 4. The molecule has 2 heterocycles. The third-order valence-electron chi connectivity index (χ3n) is 5.13. The maximum absolute atomic E-state index is 12.3. The van der Waals surface area contributed by atoms with Gasteiger partial charge >= 0.3 is 11.9 Å². The van der Waals surface area contributed by atoms with Crippen LogP contribution in [0, 0.1) is 6.92 Å². The topological polar surface area (TPSA) is 86.6 Å². The van der Waals surface area contributed by atoms with E-state index in [-0.39, 0.29) is 24.4 Å². The molecule has 31 heavy (non-hydrogen) atoms. The van der Waals surface area contributed by atoms with Crippen LogP contribution < -0.4 is 0 Å². The van der Waals surface area contributed by atoms with Crippen molar-refractivity contribution in [2.45, 2.75) is 33.1 Å². The molecule has 0 aliphatic carbocycles. The van der Waals surface area contributed by atoms with Crippen LogP contribution in [0.4, 0.5) is 0 Å². The summed E-state index contributed by atoms with van der Waals surface area (Å²) in [5.41, 5.74) is 4.58. The first-order valence-corrected chi connectivity index (χ1v) is 9.98. The van der Waals surface area contributed by atoms with Crippen LogP contribution in [0.2, 0.25) is 0 Å². The molecule has 0 radical (unpaired) electrons. The summed E-state index contributed by atoms with van der Waals surface area (Å²) >= 11 is 0. The minimum absolute atomic E-state index is 0.0298. The number of aromatic hydroxyl groups is 1. The zero-order chi connectivity index (χ0) is 22.5. The standard InChI is InChI=1S/C23H25N3O5/c1-6-20(27)30-9-10-31-22(29)15-7-8-17-18(13-15)25-24(17)26(25)19-12-14(2)11-16(21(19)28)23(3,4)5/h6-8,11-13,28H,1,9-10H2,2-5H3. The van der Waals surface area contributed by atoms with Gasteiger partial charge in [-0.05, 0) is 42.2 Å². The number of carbonyl (C=O) groups is 2. The van der Waals surface area contributed by atoms with Gasteiger partial charge < -0.3 is 14.6 Å². The lowest BCUT2D eigenvalue weighted by Gasteiger charge is -2.21. The molecule has 8 heteroatoms. The first-order valence-electron chi connectivity index (χ1n) is 9.98. The first kappa shape index (κ1) is 20.6. The van der Waals surface area contributed by atoms with Crippen molar-refractivity contribution in [2.75, 3.05) is 13.2 Å². The molecule has 0 bridgehead atoms. The third kappa shape index (κ3) is 3.54. The second-order valence-electron chi connectivity index (χ2n) is 8.51. The Labute approximate surface area is 179 Å². The van der Waals surface area contributed by atoms with Crippen molar-refractivity contribution in [1.82, 2.24) is 14.1 Å². The number of ether oxygens (including phenoxy) is 2. The number of hydrogen-bond acceptors (Lipinski definition) is 5. The summed E-state index contributed by atoms with van der Waals surface area (Å²) in [4.78, 5) is 25.2. The molecule has 0 spiro atoms. The highest BCUT2D eigenvalue weighted by Crippen LogP contribution is 2.38. The van der Waals surface area contributed by atoms with E-state index in [9.17, 15) is 14.7 Å². The summed E-state index contributed by atoms with van der Waals surface area (Å²) < 4.78 is 13.7. The normalized spacial score (nSPS) is 12.0. The summed E-state index contributed by atoms with van der Waals surface area (Å²) in [5, 5.41) is 10.9. The van der Waals surface area contributed by atoms with Gasteiger partial charge in [0.15, 0.2) is 0 Å². The highest BCUT2D eigenvalue weighted by Gasteiger charge is 2.29. The Morgan fingerprint density at radius 3 is 2.42 bits per heavy atom. The second-order valence-corrected chi connectivity index (χ2v) is 8.51. The van der Waals surface area contributed by atoms with Crippen LogP contribution in [0.25, 0.3) is 16.7 Å². The van der Waals surface area contributed by atoms with Crippen LogP contribution in [0.1, 0.15) is 42.3 Å². The summed E-state index contributed by atoms with van der Waals surface area (Å²) in [7, 11) is 0. The van der Waals surface area contributed by atoms with E-state index in [1.54, 1.807) is 12.1 Å². The lowest BCUT2D eigenvalue weighted by atomic mass is 9.85. The van der Waals surface area contributed by atoms with Gasteiger partial charge in [0.25, 0.3) is 0 Å². The van der Waals surface area contributed by atoms with Gasteiger partial charge in [0.2, 0.25) is 0 Å². The molecule has 2 aromatic carbocycles. The molecule has 8 nitrogen and oxygen atoms in total. The van der Waals surface area contributed by atoms with E-state index in [2.05, 4.69) is 27.4 Å². The molecular weight excluding hydrogens is 398 g/mol. The molecule has 2 aromatic heterocycles. The Morgan fingerprint density at radius 2 is 1.74 bits per heavy atom. The van der Waals surface area contributed by atoms with Crippen molar-refractivity contribution in [1.29, 1.82) is 0 Å². The van der Waals surface area contributed by atoms with Gasteiger partial charge in [-0.25, -0.2) is 9.59 Å². The van der Waals surface area contributed by atoms with Crippen LogP contribution in [0.3, 0.4) is 0 Å². The molecule has 0 aliphatic rings. The smallest absolute Gasteiger partial charge is 0.338 e. The van der Waals surface area contributed by atoms with E-state index in [1.165, 1.54) is 0 Å². The number of benzene rings is 2. The van der Waals surface area contributed by atoms with Crippen molar-refractivity contribution in [3.8, 4) is 11.4 Å². The Bertz CT molecular complexity index is 1300. The maximum atomic E-state index is 12.3. The van der Waals surface area contributed by atoms with Gasteiger partial charge in [-0.1, -0.05) is 33.4 Å². The van der Waals surface area contributed by atoms with E-state index in [0.717, 1.165) is 28.2 Å². The molecule has 0 atom stereocenters. The zero-order valence-electron chi connectivity index (χ0n) is 18.0.